The second kappa shape index (κ2) is 4.73. The molecule has 0 fully saturated rings. The van der Waals surface area contributed by atoms with Crippen LogP contribution in [0.15, 0.2) is 35.5 Å². The van der Waals surface area contributed by atoms with Gasteiger partial charge in [0.25, 0.3) is 0 Å². The molecule has 6 heteroatoms. The van der Waals surface area contributed by atoms with Crippen molar-refractivity contribution in [1.82, 2.24) is 0 Å². The van der Waals surface area contributed by atoms with Gasteiger partial charge in [-0.15, -0.1) is 11.6 Å². The van der Waals surface area contributed by atoms with E-state index in [9.17, 15) is 14.7 Å². The zero-order valence-electron chi connectivity index (χ0n) is 8.92. The molecule has 3 N–H and O–H groups in total. The largest absolute Gasteiger partial charge is 0.478 e. The van der Waals surface area contributed by atoms with Gasteiger partial charge >= 0.3 is 11.9 Å². The molecule has 0 saturated carbocycles. The van der Waals surface area contributed by atoms with Crippen molar-refractivity contribution in [2.75, 3.05) is 0 Å². The maximum absolute atomic E-state index is 11.0. The number of allylic oxidation sites excluding steroid dienone is 2. The number of aliphatic carboxylic acids is 2. The minimum absolute atomic E-state index is 0.484. The average Bonchev–Trinajstić information content (AvgIpc) is 2.20. The Hall–Kier alpha value is -1.59. The molecule has 0 aromatic heterocycles. The number of alkyl halides is 1. The highest BCUT2D eigenvalue weighted by atomic mass is 35.5. The molecule has 0 amide bonds. The number of carbonyl (C=O) groups is 2. The van der Waals surface area contributed by atoms with Crippen LogP contribution in [0.5, 0.6) is 0 Å². The summed E-state index contributed by atoms with van der Waals surface area (Å²) in [7, 11) is 0. The van der Waals surface area contributed by atoms with Crippen LogP contribution in [0.4, 0.5) is 0 Å². The molecular weight excluding hydrogens is 248 g/mol. The number of aliphatic hydroxyl groups excluding tert-OH is 1. The number of carboxylic acid groups (broad SMARTS) is 2. The van der Waals surface area contributed by atoms with Crippen LogP contribution in [0.2, 0.25) is 0 Å². The highest BCUT2D eigenvalue weighted by Gasteiger charge is 2.41. The number of carboxylic acids is 2. The predicted molar refractivity (Wildman–Crippen MR) is 60.8 cm³/mol. The van der Waals surface area contributed by atoms with E-state index in [2.05, 4.69) is 0 Å². The van der Waals surface area contributed by atoms with Crippen molar-refractivity contribution in [3.05, 3.63) is 35.5 Å². The number of hydrogen-bond acceptors (Lipinski definition) is 3. The molecule has 92 valence electrons. The molecule has 5 nitrogen and oxygen atoms in total. The first-order valence-corrected chi connectivity index (χ1v) is 5.08. The number of halogens is 1. The molecule has 17 heavy (non-hydrogen) atoms. The summed E-state index contributed by atoms with van der Waals surface area (Å²) in [6, 6.07) is 0. The van der Waals surface area contributed by atoms with Gasteiger partial charge in [-0.25, -0.2) is 9.59 Å². The van der Waals surface area contributed by atoms with Gasteiger partial charge in [-0.1, -0.05) is 23.8 Å². The zero-order valence-corrected chi connectivity index (χ0v) is 9.68. The standard InChI is InChI=1S/C11H11ClO5/c1-6-2-3-11(12,8(13)4-6)7(10(16)17)5-9(14)15/h2-5,8,13H,1H3,(H,14,15)(H,16,17)/b7-5-. The van der Waals surface area contributed by atoms with Crippen LogP contribution in [-0.2, 0) is 9.59 Å². The van der Waals surface area contributed by atoms with E-state index in [1.165, 1.54) is 18.2 Å². The number of rotatable bonds is 3. The normalized spacial score (nSPS) is 28.8. The van der Waals surface area contributed by atoms with Gasteiger partial charge in [0.1, 0.15) is 4.87 Å². The van der Waals surface area contributed by atoms with Crippen LogP contribution in [0.1, 0.15) is 6.92 Å². The summed E-state index contributed by atoms with van der Waals surface area (Å²) in [5.41, 5.74) is 0.132. The van der Waals surface area contributed by atoms with E-state index in [1.807, 2.05) is 0 Å². The second-order valence-corrected chi connectivity index (χ2v) is 4.28. The monoisotopic (exact) mass is 258 g/mol. The molecule has 0 aliphatic heterocycles. The number of aliphatic hydroxyl groups is 1. The van der Waals surface area contributed by atoms with Crippen LogP contribution >= 0.6 is 11.6 Å². The van der Waals surface area contributed by atoms with Crippen LogP contribution in [0.3, 0.4) is 0 Å². The first-order valence-electron chi connectivity index (χ1n) is 4.70. The second-order valence-electron chi connectivity index (χ2n) is 3.66. The van der Waals surface area contributed by atoms with E-state index in [-0.39, 0.29) is 0 Å². The molecule has 0 aromatic rings. The Labute approximate surface area is 102 Å². The molecule has 0 heterocycles. The average molecular weight is 259 g/mol. The lowest BCUT2D eigenvalue weighted by Gasteiger charge is -2.30. The van der Waals surface area contributed by atoms with Crippen molar-refractivity contribution in [2.45, 2.75) is 17.9 Å². The summed E-state index contributed by atoms with van der Waals surface area (Å²) in [6.07, 6.45) is 3.36. The SMILES string of the molecule is CC1=CC(O)C(Cl)(/C(=C\C(=O)O)C(=O)O)C=C1. The zero-order chi connectivity index (χ0) is 13.2. The molecule has 0 saturated heterocycles. The van der Waals surface area contributed by atoms with Gasteiger partial charge in [-0.3, -0.25) is 0 Å². The lowest BCUT2D eigenvalue weighted by molar-refractivity contribution is -0.135. The molecule has 1 aliphatic carbocycles. The third-order valence-corrected chi connectivity index (χ3v) is 2.90. The highest BCUT2D eigenvalue weighted by molar-refractivity contribution is 6.31. The van der Waals surface area contributed by atoms with Crippen molar-refractivity contribution in [1.29, 1.82) is 0 Å². The van der Waals surface area contributed by atoms with Crippen LogP contribution in [0, 0.1) is 0 Å². The molecule has 2 unspecified atom stereocenters. The van der Waals surface area contributed by atoms with Crippen molar-refractivity contribution < 1.29 is 24.9 Å². The van der Waals surface area contributed by atoms with Crippen LogP contribution in [0.25, 0.3) is 0 Å². The third-order valence-electron chi connectivity index (χ3n) is 2.35. The predicted octanol–water partition coefficient (Wildman–Crippen LogP) is 0.937. The third kappa shape index (κ3) is 2.75. The summed E-state index contributed by atoms with van der Waals surface area (Å²) >= 11 is 6.00. The summed E-state index contributed by atoms with van der Waals surface area (Å²) in [5, 5.41) is 27.3. The highest BCUT2D eigenvalue weighted by Crippen LogP contribution is 2.35. The molecule has 1 rings (SSSR count). The van der Waals surface area contributed by atoms with Crippen LogP contribution in [-0.4, -0.2) is 38.2 Å². The summed E-state index contributed by atoms with van der Waals surface area (Å²) in [5.74, 6) is -2.92. The quantitative estimate of drug-likeness (QED) is 0.517. The van der Waals surface area contributed by atoms with Gasteiger partial charge in [-0.05, 0) is 6.92 Å². The van der Waals surface area contributed by atoms with Gasteiger partial charge in [0.2, 0.25) is 0 Å². The Morgan fingerprint density at radius 2 is 2.06 bits per heavy atom. The molecule has 0 spiro atoms. The van der Waals surface area contributed by atoms with Crippen molar-refractivity contribution >= 4 is 23.5 Å². The summed E-state index contributed by atoms with van der Waals surface area (Å²) in [4.78, 5) is 19.8. The van der Waals surface area contributed by atoms with Crippen molar-refractivity contribution in [3.8, 4) is 0 Å². The lowest BCUT2D eigenvalue weighted by Crippen LogP contribution is -2.40. The fourth-order valence-corrected chi connectivity index (χ4v) is 1.75. The van der Waals surface area contributed by atoms with Crippen molar-refractivity contribution in [3.63, 3.8) is 0 Å². The maximum Gasteiger partial charge on any atom is 0.334 e. The van der Waals surface area contributed by atoms with Crippen LogP contribution < -0.4 is 0 Å². The topological polar surface area (TPSA) is 94.8 Å². The molecule has 0 radical (unpaired) electrons. The van der Waals surface area contributed by atoms with E-state index < -0.39 is 28.5 Å². The van der Waals surface area contributed by atoms with Gasteiger partial charge in [0.15, 0.2) is 0 Å². The molecule has 0 aromatic carbocycles. The molecule has 0 bridgehead atoms. The fourth-order valence-electron chi connectivity index (χ4n) is 1.49. The minimum Gasteiger partial charge on any atom is -0.478 e. The van der Waals surface area contributed by atoms with Gasteiger partial charge in [0.05, 0.1) is 11.7 Å². The van der Waals surface area contributed by atoms with E-state index in [4.69, 9.17) is 21.8 Å². The lowest BCUT2D eigenvalue weighted by atomic mass is 9.86. The van der Waals surface area contributed by atoms with E-state index in [0.29, 0.717) is 11.6 Å². The van der Waals surface area contributed by atoms with E-state index in [1.54, 1.807) is 6.92 Å². The maximum atomic E-state index is 11.0. The Morgan fingerprint density at radius 3 is 2.47 bits per heavy atom. The minimum atomic E-state index is -1.76. The van der Waals surface area contributed by atoms with Gasteiger partial charge in [0, 0.05) is 6.08 Å². The molecular formula is C11H11ClO5. The number of hydrogen-bond donors (Lipinski definition) is 3. The Morgan fingerprint density at radius 1 is 1.47 bits per heavy atom. The summed E-state index contributed by atoms with van der Waals surface area (Å²) in [6.45, 7) is 1.71. The Bertz CT molecular complexity index is 449. The Balaban J connectivity index is 3.25. The Kier molecular flexibility index (Phi) is 3.75. The first kappa shape index (κ1) is 13.5. The van der Waals surface area contributed by atoms with Crippen molar-refractivity contribution in [2.24, 2.45) is 0 Å². The van der Waals surface area contributed by atoms with E-state index >= 15 is 0 Å². The molecule has 2 atom stereocenters. The van der Waals surface area contributed by atoms with Gasteiger partial charge < -0.3 is 15.3 Å². The fraction of sp³-hybridized carbons (Fsp3) is 0.273. The smallest absolute Gasteiger partial charge is 0.334 e. The molecule has 1 aliphatic rings. The van der Waals surface area contributed by atoms with Gasteiger partial charge in [-0.2, -0.15) is 0 Å². The summed E-state index contributed by atoms with van der Waals surface area (Å²) < 4.78 is 0. The first-order chi connectivity index (χ1) is 7.77. The van der Waals surface area contributed by atoms with E-state index in [0.717, 1.165) is 0 Å².